The van der Waals surface area contributed by atoms with Crippen molar-refractivity contribution < 1.29 is 72.6 Å². The Balaban J connectivity index is 0. The van der Waals surface area contributed by atoms with Gasteiger partial charge in [0.1, 0.15) is 25.0 Å². The van der Waals surface area contributed by atoms with Gasteiger partial charge in [0, 0.05) is 58.9 Å². The van der Waals surface area contributed by atoms with Crippen LogP contribution in [-0.4, -0.2) is 140 Å². The van der Waals surface area contributed by atoms with Gasteiger partial charge in [0.2, 0.25) is 17.7 Å². The number of ketones is 2. The van der Waals surface area contributed by atoms with Crippen LogP contribution in [0, 0.1) is 5.92 Å². The molecule has 0 saturated carbocycles. The van der Waals surface area contributed by atoms with E-state index in [2.05, 4.69) is 31.9 Å². The van der Waals surface area contributed by atoms with E-state index in [0.717, 1.165) is 44.9 Å². The van der Waals surface area contributed by atoms with Gasteiger partial charge in [-0.2, -0.15) is 0 Å². The number of aliphatic carboxylic acids is 3. The predicted octanol–water partition coefficient (Wildman–Crippen LogP) is 7.34. The summed E-state index contributed by atoms with van der Waals surface area (Å²) in [6.45, 7) is 4.66. The van der Waals surface area contributed by atoms with Gasteiger partial charge in [0.05, 0.1) is 37.7 Å². The lowest BCUT2D eigenvalue weighted by atomic mass is 9.94. The molecule has 0 aromatic rings. The van der Waals surface area contributed by atoms with E-state index in [-0.39, 0.29) is 80.8 Å². The molecule has 0 radical (unpaired) electrons. The van der Waals surface area contributed by atoms with Crippen molar-refractivity contribution in [3.8, 4) is 0 Å². The second-order valence-electron chi connectivity index (χ2n) is 17.0. The lowest BCUT2D eigenvalue weighted by Gasteiger charge is -2.14. The lowest BCUT2D eigenvalue weighted by Crippen LogP contribution is -2.42. The highest BCUT2D eigenvalue weighted by Crippen LogP contribution is 2.17. The third-order valence-electron chi connectivity index (χ3n) is 10.7. The second-order valence-corrected chi connectivity index (χ2v) is 17.5. The van der Waals surface area contributed by atoms with Crippen molar-refractivity contribution in [3.63, 3.8) is 0 Å². The van der Waals surface area contributed by atoms with Gasteiger partial charge in [0.15, 0.2) is 5.78 Å². The third kappa shape index (κ3) is 48.9. The summed E-state index contributed by atoms with van der Waals surface area (Å²) in [5, 5.41) is 34.9. The quantitative estimate of drug-likeness (QED) is 0.0257. The van der Waals surface area contributed by atoms with E-state index >= 15 is 0 Å². The van der Waals surface area contributed by atoms with Gasteiger partial charge in [-0.15, -0.1) is 0 Å². The van der Waals surface area contributed by atoms with E-state index in [0.29, 0.717) is 71.5 Å². The first-order valence-electron chi connectivity index (χ1n) is 25.1. The Labute approximate surface area is 414 Å². The fraction of sp³-hybridized carbons (Fsp3) is 0.837. The van der Waals surface area contributed by atoms with Crippen LogP contribution < -0.4 is 16.0 Å². The number of unbranched alkanes of at least 4 members (excludes halogenated alkanes) is 16. The first-order valence-corrected chi connectivity index (χ1v) is 26.2. The lowest BCUT2D eigenvalue weighted by molar-refractivity contribution is -0.144. The van der Waals surface area contributed by atoms with Crippen LogP contribution >= 0.6 is 15.9 Å². The van der Waals surface area contributed by atoms with Gasteiger partial charge in [-0.1, -0.05) is 113 Å². The van der Waals surface area contributed by atoms with Crippen molar-refractivity contribution in [2.45, 2.75) is 186 Å². The minimum Gasteiger partial charge on any atom is -0.481 e. The van der Waals surface area contributed by atoms with Gasteiger partial charge in [-0.3, -0.25) is 33.6 Å². The van der Waals surface area contributed by atoms with Crippen LogP contribution in [0.2, 0.25) is 0 Å². The fourth-order valence-corrected chi connectivity index (χ4v) is 7.01. The molecule has 0 unspecified atom stereocenters. The Morgan fingerprint density at radius 2 is 0.985 bits per heavy atom. The summed E-state index contributed by atoms with van der Waals surface area (Å²) in [6.07, 6.45) is 23.0. The number of halogens is 1. The molecular weight excluding hydrogens is 950 g/mol. The van der Waals surface area contributed by atoms with Crippen molar-refractivity contribution >= 4 is 63.1 Å². The largest absolute Gasteiger partial charge is 0.481 e. The molecule has 18 nitrogen and oxygen atoms in total. The normalized spacial score (nSPS) is 11.8. The molecule has 0 aromatic carbocycles. The number of carbonyl (C=O) groups excluding carboxylic acids is 5. The Morgan fingerprint density at radius 3 is 1.49 bits per heavy atom. The standard InChI is InChI=1S/C27H49NO6.C22H39BrN2O9/c1-28-25(30)21-20-23(27(33)34)22-24(29)18-16-14-12-10-8-6-4-2-3-5-7-9-11-13-15-17-19-26(31)32;1-2-9-31-11-13-33-16-18(26)6-5-10-32-12-14-34-17-21(28)25-19(22(29)30)7-3-4-8-24-20(27)15-23/h23H,2-22H2,1H3,(H,28,30)(H,31,32)(H,33,34);19H,2-17H2,1H3,(H,24,27)(H,25,28)(H,29,30)/t23-;19-/m10/s1. The summed E-state index contributed by atoms with van der Waals surface area (Å²) in [5.41, 5.74) is 0. The first kappa shape index (κ1) is 66.6. The number of hydrogen-bond donors (Lipinski definition) is 6. The number of amides is 3. The number of alkyl halides is 1. The van der Waals surface area contributed by atoms with Crippen molar-refractivity contribution in [1.82, 2.24) is 16.0 Å². The Bertz CT molecular complexity index is 1340. The molecule has 0 bridgehead atoms. The maximum absolute atomic E-state index is 12.1. The summed E-state index contributed by atoms with van der Waals surface area (Å²) in [6, 6.07) is -1.01. The highest BCUT2D eigenvalue weighted by atomic mass is 79.9. The number of nitrogens with one attached hydrogen (secondary N) is 3. The molecule has 68 heavy (non-hydrogen) atoms. The van der Waals surface area contributed by atoms with Gasteiger partial charge < -0.3 is 50.2 Å². The third-order valence-corrected chi connectivity index (χ3v) is 11.3. The van der Waals surface area contributed by atoms with Crippen molar-refractivity contribution in [2.24, 2.45) is 5.92 Å². The average molecular weight is 1040 g/mol. The van der Waals surface area contributed by atoms with Crippen LogP contribution in [0.3, 0.4) is 0 Å². The molecule has 0 spiro atoms. The predicted molar refractivity (Wildman–Crippen MR) is 263 cm³/mol. The summed E-state index contributed by atoms with van der Waals surface area (Å²) in [4.78, 5) is 91.0. The molecule has 0 rings (SSSR count). The van der Waals surface area contributed by atoms with Crippen molar-refractivity contribution in [3.05, 3.63) is 0 Å². The molecule has 2 atom stereocenters. The molecule has 0 fully saturated rings. The number of hydrogen-bond acceptors (Lipinski definition) is 12. The van der Waals surface area contributed by atoms with Crippen molar-refractivity contribution in [1.29, 1.82) is 0 Å². The van der Waals surface area contributed by atoms with Gasteiger partial charge >= 0.3 is 17.9 Å². The summed E-state index contributed by atoms with van der Waals surface area (Å²) < 4.78 is 21.0. The van der Waals surface area contributed by atoms with Gasteiger partial charge in [-0.25, -0.2) is 4.79 Å². The van der Waals surface area contributed by atoms with Crippen molar-refractivity contribution in [2.75, 3.05) is 71.8 Å². The van der Waals surface area contributed by atoms with Gasteiger partial charge in [0.25, 0.3) is 0 Å². The molecule has 0 heterocycles. The molecule has 0 aliphatic rings. The minimum atomic E-state index is -1.12. The smallest absolute Gasteiger partial charge is 0.326 e. The second kappa shape index (κ2) is 49.9. The van der Waals surface area contributed by atoms with Crippen LogP contribution in [0.25, 0.3) is 0 Å². The molecule has 396 valence electrons. The Morgan fingerprint density at radius 1 is 0.485 bits per heavy atom. The maximum atomic E-state index is 12.1. The summed E-state index contributed by atoms with van der Waals surface area (Å²) in [7, 11) is 1.52. The number of carbonyl (C=O) groups is 8. The monoisotopic (exact) mass is 1040 g/mol. The summed E-state index contributed by atoms with van der Waals surface area (Å²) >= 11 is 3.04. The van der Waals surface area contributed by atoms with E-state index < -0.39 is 35.8 Å². The van der Waals surface area contributed by atoms with Crippen LogP contribution in [-0.2, 0) is 57.3 Å². The maximum Gasteiger partial charge on any atom is 0.326 e. The molecular formula is C49H88BrN3O15. The highest BCUT2D eigenvalue weighted by molar-refractivity contribution is 9.09. The number of carboxylic acid groups (broad SMARTS) is 3. The number of ether oxygens (including phenoxy) is 4. The Kier molecular flexibility index (Phi) is 48.8. The van der Waals surface area contributed by atoms with Crippen LogP contribution in [0.1, 0.15) is 180 Å². The molecule has 0 aromatic heterocycles. The first-order chi connectivity index (χ1) is 32.8. The molecule has 0 aliphatic carbocycles. The Hall–Kier alpha value is -3.52. The number of rotatable bonds is 49. The molecule has 19 heteroatoms. The number of carboxylic acids is 3. The van der Waals surface area contributed by atoms with Crippen LogP contribution in [0.5, 0.6) is 0 Å². The molecule has 0 aliphatic heterocycles. The SMILES string of the molecule is CCCOCCOCC(=O)CCCOCCOCC(=O)N[C@@H](CCCCNC(=O)CBr)C(=O)O.CNC(=O)CC[C@H](CC(=O)CCCCCCCCCCCCCCCCCCC(=O)O)C(=O)O. The minimum absolute atomic E-state index is 0.00341. The average Bonchev–Trinajstić information content (AvgIpc) is 3.30. The van der Waals surface area contributed by atoms with E-state index in [1.54, 1.807) is 0 Å². The highest BCUT2D eigenvalue weighted by Gasteiger charge is 2.22. The van der Waals surface area contributed by atoms with Crippen LogP contribution in [0.15, 0.2) is 0 Å². The van der Waals surface area contributed by atoms with Crippen LogP contribution in [0.4, 0.5) is 0 Å². The summed E-state index contributed by atoms with van der Waals surface area (Å²) in [5.74, 6) is -4.43. The zero-order valence-corrected chi connectivity index (χ0v) is 43.0. The fourth-order valence-electron chi connectivity index (χ4n) is 6.81. The zero-order chi connectivity index (χ0) is 50.9. The molecule has 0 saturated heterocycles. The van der Waals surface area contributed by atoms with E-state index in [1.807, 2.05) is 6.92 Å². The topological polar surface area (TPSA) is 270 Å². The van der Waals surface area contributed by atoms with E-state index in [4.69, 9.17) is 24.1 Å². The van der Waals surface area contributed by atoms with E-state index in [1.165, 1.54) is 71.3 Å². The molecule has 6 N–H and O–H groups in total. The number of Topliss-reactive ketones (excluding diaryl/α,β-unsaturated/α-hetero) is 2. The van der Waals surface area contributed by atoms with E-state index in [9.17, 15) is 48.6 Å². The molecule has 3 amide bonds. The van der Waals surface area contributed by atoms with Gasteiger partial charge in [-0.05, 0) is 51.4 Å². The zero-order valence-electron chi connectivity index (χ0n) is 41.4.